The molecule has 1 aromatic heterocycles. The Morgan fingerprint density at radius 3 is 2.50 bits per heavy atom. The van der Waals surface area contributed by atoms with Crippen LogP contribution in [-0.4, -0.2) is 63.4 Å². The predicted molar refractivity (Wildman–Crippen MR) is 117 cm³/mol. The van der Waals surface area contributed by atoms with Gasteiger partial charge in [0.25, 0.3) is 5.95 Å². The predicted octanol–water partition coefficient (Wildman–Crippen LogP) is -1.18. The van der Waals surface area contributed by atoms with Crippen molar-refractivity contribution in [3.8, 4) is 0 Å². The maximum atomic E-state index is 12.7. The third kappa shape index (κ3) is 9.65. The Kier molecular flexibility index (Phi) is 10.1. The van der Waals surface area contributed by atoms with Gasteiger partial charge in [-0.05, 0) is 23.6 Å². The van der Waals surface area contributed by atoms with E-state index >= 15 is 0 Å². The third-order valence-corrected chi connectivity index (χ3v) is 4.29. The number of anilines is 1. The Hall–Kier alpha value is -4.03. The van der Waals surface area contributed by atoms with E-state index in [0.717, 1.165) is 5.56 Å². The van der Waals surface area contributed by atoms with Crippen LogP contribution in [0.25, 0.3) is 0 Å². The van der Waals surface area contributed by atoms with Crippen LogP contribution in [-0.2, 0) is 20.8 Å². The molecule has 2 rings (SSSR count). The molecule has 13 nitrogen and oxygen atoms in total. The van der Waals surface area contributed by atoms with Crippen LogP contribution in [0.1, 0.15) is 31.2 Å². The van der Waals surface area contributed by atoms with E-state index in [9.17, 15) is 14.4 Å². The lowest BCUT2D eigenvalue weighted by atomic mass is 10.0. The number of aromatic amines is 1. The Labute approximate surface area is 184 Å². The number of nitrogens with zero attached hydrogens (tertiary/aromatic N) is 4. The number of guanidine groups is 1. The summed E-state index contributed by atoms with van der Waals surface area (Å²) in [7, 11) is 0. The average Bonchev–Trinajstić information content (AvgIpc) is 3.27. The summed E-state index contributed by atoms with van der Waals surface area (Å²) >= 11 is 0. The molecule has 0 bridgehead atoms. The van der Waals surface area contributed by atoms with E-state index in [4.69, 9.17) is 11.5 Å². The highest BCUT2D eigenvalue weighted by Crippen LogP contribution is 2.05. The molecule has 32 heavy (non-hydrogen) atoms. The highest BCUT2D eigenvalue weighted by molar-refractivity contribution is 5.93. The fourth-order valence-electron chi connectivity index (χ4n) is 2.73. The Bertz CT molecular complexity index is 882. The summed E-state index contributed by atoms with van der Waals surface area (Å²) in [6.07, 6.45) is 1.53. The van der Waals surface area contributed by atoms with Gasteiger partial charge in [-0.1, -0.05) is 35.4 Å². The van der Waals surface area contributed by atoms with Crippen molar-refractivity contribution < 1.29 is 14.4 Å². The van der Waals surface area contributed by atoms with E-state index in [2.05, 4.69) is 41.6 Å². The van der Waals surface area contributed by atoms with E-state index in [1.807, 2.05) is 30.3 Å². The number of unbranched alkanes of at least 4 members (excludes halogenated alkanes) is 1. The molecular formula is C19H28N10O3. The molecule has 0 saturated heterocycles. The molecule has 0 saturated carbocycles. The summed E-state index contributed by atoms with van der Waals surface area (Å²) in [5.74, 6) is -1.11. The molecule has 0 aliphatic rings. The van der Waals surface area contributed by atoms with Crippen molar-refractivity contribution in [1.29, 1.82) is 0 Å². The largest absolute Gasteiger partial charge is 0.370 e. The minimum absolute atomic E-state index is 0.0246. The van der Waals surface area contributed by atoms with Gasteiger partial charge in [-0.15, -0.1) is 5.10 Å². The zero-order chi connectivity index (χ0) is 23.2. The van der Waals surface area contributed by atoms with Gasteiger partial charge in [0.05, 0.1) is 0 Å². The molecule has 1 aromatic carbocycles. The summed E-state index contributed by atoms with van der Waals surface area (Å²) in [6, 6.07) is 8.56. The van der Waals surface area contributed by atoms with Crippen molar-refractivity contribution in [1.82, 2.24) is 31.3 Å². The lowest BCUT2D eigenvalue weighted by molar-refractivity contribution is -0.129. The summed E-state index contributed by atoms with van der Waals surface area (Å²) in [5.41, 5.74) is 11.4. The number of rotatable bonds is 13. The van der Waals surface area contributed by atoms with E-state index in [1.54, 1.807) is 0 Å². The number of aliphatic imine (C=N–C) groups is 1. The first-order valence-corrected chi connectivity index (χ1v) is 10.1. The number of benzene rings is 1. The molecule has 2 aromatic rings. The Balaban J connectivity index is 1.83. The van der Waals surface area contributed by atoms with Crippen LogP contribution in [0.15, 0.2) is 35.3 Å². The van der Waals surface area contributed by atoms with Crippen LogP contribution in [0.5, 0.6) is 0 Å². The van der Waals surface area contributed by atoms with Crippen LogP contribution in [0.3, 0.4) is 0 Å². The molecule has 0 fully saturated rings. The second-order valence-corrected chi connectivity index (χ2v) is 6.90. The summed E-state index contributed by atoms with van der Waals surface area (Å²) in [6.45, 7) is 0.904. The monoisotopic (exact) mass is 444 g/mol. The van der Waals surface area contributed by atoms with Gasteiger partial charge in [0, 0.05) is 32.4 Å². The molecule has 0 aliphatic heterocycles. The topological polar surface area (TPSA) is 206 Å². The average molecular weight is 445 g/mol. The van der Waals surface area contributed by atoms with Gasteiger partial charge in [0.1, 0.15) is 6.04 Å². The summed E-state index contributed by atoms with van der Waals surface area (Å²) in [4.78, 5) is 40.8. The van der Waals surface area contributed by atoms with Gasteiger partial charge in [-0.25, -0.2) is 0 Å². The molecule has 3 amide bonds. The van der Waals surface area contributed by atoms with Gasteiger partial charge in [0.15, 0.2) is 5.96 Å². The van der Waals surface area contributed by atoms with E-state index < -0.39 is 17.9 Å². The lowest BCUT2D eigenvalue weighted by Crippen LogP contribution is -2.48. The smallest absolute Gasteiger partial charge is 0.269 e. The maximum absolute atomic E-state index is 12.7. The number of carbonyl (C=O) groups excluding carboxylic acids is 3. The summed E-state index contributed by atoms with van der Waals surface area (Å²) in [5, 5.41) is 20.7. The molecular weight excluding hydrogens is 416 g/mol. The highest BCUT2D eigenvalue weighted by Gasteiger charge is 2.21. The Morgan fingerprint density at radius 1 is 1.06 bits per heavy atom. The van der Waals surface area contributed by atoms with Crippen molar-refractivity contribution in [3.63, 3.8) is 0 Å². The van der Waals surface area contributed by atoms with Gasteiger partial charge in [-0.3, -0.25) is 24.7 Å². The van der Waals surface area contributed by atoms with Crippen molar-refractivity contribution in [2.45, 2.75) is 38.1 Å². The first-order valence-electron chi connectivity index (χ1n) is 10.1. The molecule has 8 N–H and O–H groups in total. The van der Waals surface area contributed by atoms with Gasteiger partial charge in [0.2, 0.25) is 17.7 Å². The van der Waals surface area contributed by atoms with Crippen molar-refractivity contribution in [3.05, 3.63) is 35.9 Å². The van der Waals surface area contributed by atoms with Crippen LogP contribution >= 0.6 is 0 Å². The van der Waals surface area contributed by atoms with Crippen molar-refractivity contribution in [2.75, 3.05) is 18.4 Å². The van der Waals surface area contributed by atoms with Crippen LogP contribution < -0.4 is 27.4 Å². The Morgan fingerprint density at radius 2 is 1.81 bits per heavy atom. The van der Waals surface area contributed by atoms with Gasteiger partial charge >= 0.3 is 0 Å². The SMILES string of the molecule is NC(N)=NCCCCNC(=O)[C@@H](Cc1ccccc1)NC(=O)CCC(=O)Nc1nn[nH]n1. The number of nitrogens with two attached hydrogens (primary N) is 2. The quantitative estimate of drug-likeness (QED) is 0.125. The summed E-state index contributed by atoms with van der Waals surface area (Å²) < 4.78 is 0. The van der Waals surface area contributed by atoms with E-state index in [-0.39, 0.29) is 30.7 Å². The molecule has 13 heteroatoms. The van der Waals surface area contributed by atoms with Gasteiger partial charge in [-0.2, -0.15) is 5.21 Å². The number of nitrogens with one attached hydrogen (secondary N) is 4. The number of amides is 3. The van der Waals surface area contributed by atoms with Crippen molar-refractivity contribution >= 4 is 29.6 Å². The second-order valence-electron chi connectivity index (χ2n) is 6.90. The molecule has 0 radical (unpaired) electrons. The number of aromatic nitrogens is 4. The molecule has 0 spiro atoms. The number of hydrogen-bond acceptors (Lipinski definition) is 7. The standard InChI is InChI=1S/C19H28N10O3/c20-18(21)23-11-5-4-10-22-17(32)14(12-13-6-2-1-3-7-13)24-15(30)8-9-16(31)25-19-26-28-29-27-19/h1-3,6-7,14H,4-5,8-12H2,(H,22,32)(H,24,30)(H4,20,21,23)(H2,25,26,27,28,29,31)/t14-/m1/s1. The number of tetrazole rings is 1. The molecule has 0 unspecified atom stereocenters. The molecule has 1 heterocycles. The molecule has 172 valence electrons. The minimum Gasteiger partial charge on any atom is -0.370 e. The highest BCUT2D eigenvalue weighted by atomic mass is 16.2. The minimum atomic E-state index is -0.775. The van der Waals surface area contributed by atoms with Crippen LogP contribution in [0.4, 0.5) is 5.95 Å². The van der Waals surface area contributed by atoms with Crippen molar-refractivity contribution in [2.24, 2.45) is 16.5 Å². The first kappa shape index (κ1) is 24.2. The lowest BCUT2D eigenvalue weighted by Gasteiger charge is -2.19. The third-order valence-electron chi connectivity index (χ3n) is 4.29. The van der Waals surface area contributed by atoms with Crippen LogP contribution in [0, 0.1) is 0 Å². The van der Waals surface area contributed by atoms with Gasteiger partial charge < -0.3 is 22.1 Å². The first-order chi connectivity index (χ1) is 15.4. The molecule has 1 atom stereocenters. The number of carbonyl (C=O) groups is 3. The number of hydrogen-bond donors (Lipinski definition) is 6. The second kappa shape index (κ2) is 13.3. The van der Waals surface area contributed by atoms with E-state index in [1.165, 1.54) is 0 Å². The normalized spacial score (nSPS) is 11.2. The number of H-pyrrole nitrogens is 1. The fourth-order valence-corrected chi connectivity index (χ4v) is 2.73. The van der Waals surface area contributed by atoms with Crippen LogP contribution in [0.2, 0.25) is 0 Å². The maximum Gasteiger partial charge on any atom is 0.269 e. The zero-order valence-electron chi connectivity index (χ0n) is 17.6. The van der Waals surface area contributed by atoms with E-state index in [0.29, 0.717) is 32.4 Å². The zero-order valence-corrected chi connectivity index (χ0v) is 17.6. The fraction of sp³-hybridized carbons (Fsp3) is 0.421. The molecule has 0 aliphatic carbocycles.